The molecule has 11 heavy (non-hydrogen) atoms. The van der Waals surface area contributed by atoms with Crippen LogP contribution in [0, 0.1) is 5.92 Å². The number of hydrogen-bond donors (Lipinski definition) is 2. The van der Waals surface area contributed by atoms with Crippen LogP contribution in [0.25, 0.3) is 0 Å². The van der Waals surface area contributed by atoms with E-state index in [1.165, 1.54) is 0 Å². The van der Waals surface area contributed by atoms with Gasteiger partial charge in [0.1, 0.15) is 0 Å². The molecule has 0 aromatic heterocycles. The first-order valence-corrected chi connectivity index (χ1v) is 3.91. The second-order valence-electron chi connectivity index (χ2n) is 2.74. The summed E-state index contributed by atoms with van der Waals surface area (Å²) in [7, 11) is 0. The summed E-state index contributed by atoms with van der Waals surface area (Å²) >= 11 is 0. The summed E-state index contributed by atoms with van der Waals surface area (Å²) in [6.07, 6.45) is 4.18. The molecule has 3 heteroatoms. The average Bonchev–Trinajstić information content (AvgIpc) is 1.88. The third kappa shape index (κ3) is 7.33. The lowest BCUT2D eigenvalue weighted by Gasteiger charge is -2.03. The molecule has 3 nitrogen and oxygen atoms in total. The van der Waals surface area contributed by atoms with Crippen LogP contribution in [-0.4, -0.2) is 11.1 Å². The molecule has 0 aromatic carbocycles. The smallest absolute Gasteiger partial charge is 0.306 e. The molecule has 0 rings (SSSR count). The van der Waals surface area contributed by atoms with Gasteiger partial charge in [-0.15, -0.1) is 0 Å². The van der Waals surface area contributed by atoms with Crippen LogP contribution < -0.4 is 6.15 Å². The second-order valence-corrected chi connectivity index (χ2v) is 2.74. The van der Waals surface area contributed by atoms with Gasteiger partial charge in [0.25, 0.3) is 0 Å². The number of aliphatic carboxylic acids is 1. The summed E-state index contributed by atoms with van der Waals surface area (Å²) in [4.78, 5) is 10.3. The maximum absolute atomic E-state index is 10.3. The molecule has 0 spiro atoms. The molecule has 0 amide bonds. The topological polar surface area (TPSA) is 72.3 Å². The van der Waals surface area contributed by atoms with Crippen molar-refractivity contribution in [2.45, 2.75) is 39.5 Å². The van der Waals surface area contributed by atoms with Gasteiger partial charge in [-0.05, 0) is 6.42 Å². The van der Waals surface area contributed by atoms with Gasteiger partial charge >= 0.3 is 5.97 Å². The molecule has 0 heterocycles. The third-order valence-corrected chi connectivity index (χ3v) is 1.66. The van der Waals surface area contributed by atoms with Crippen LogP contribution in [-0.2, 0) is 4.79 Å². The van der Waals surface area contributed by atoms with Crippen molar-refractivity contribution in [3.8, 4) is 0 Å². The lowest BCUT2D eigenvalue weighted by molar-refractivity contribution is -0.141. The molecule has 0 fully saturated rings. The molecule has 68 valence electrons. The van der Waals surface area contributed by atoms with Crippen LogP contribution in [0.5, 0.6) is 0 Å². The van der Waals surface area contributed by atoms with E-state index in [1.807, 2.05) is 0 Å². The Labute approximate surface area is 68.4 Å². The molecule has 4 N–H and O–H groups in total. The van der Waals surface area contributed by atoms with Gasteiger partial charge in [0.2, 0.25) is 0 Å². The highest BCUT2D eigenvalue weighted by atomic mass is 16.4. The fraction of sp³-hybridized carbons (Fsp3) is 0.875. The van der Waals surface area contributed by atoms with E-state index in [4.69, 9.17) is 5.11 Å². The number of carboxylic acids is 1. The molecular formula is C8H19NO2. The first-order valence-electron chi connectivity index (χ1n) is 3.91. The molecule has 0 saturated carbocycles. The van der Waals surface area contributed by atoms with Crippen molar-refractivity contribution in [2.24, 2.45) is 5.92 Å². The molecule has 0 bridgehead atoms. The molecule has 0 aliphatic heterocycles. The van der Waals surface area contributed by atoms with Crippen LogP contribution in [0.3, 0.4) is 0 Å². The predicted molar refractivity (Wildman–Crippen MR) is 46.0 cm³/mol. The highest BCUT2D eigenvalue weighted by Crippen LogP contribution is 2.08. The zero-order chi connectivity index (χ0) is 7.98. The lowest BCUT2D eigenvalue weighted by atomic mass is 10.0. The summed E-state index contributed by atoms with van der Waals surface area (Å²) in [5, 5.41) is 8.48. The summed E-state index contributed by atoms with van der Waals surface area (Å²) in [6, 6.07) is 0. The zero-order valence-corrected chi connectivity index (χ0v) is 7.47. The van der Waals surface area contributed by atoms with Gasteiger partial charge in [-0.25, -0.2) is 0 Å². The number of carbonyl (C=O) groups is 1. The van der Waals surface area contributed by atoms with E-state index in [0.29, 0.717) is 0 Å². The van der Waals surface area contributed by atoms with Gasteiger partial charge in [0.15, 0.2) is 0 Å². The fourth-order valence-corrected chi connectivity index (χ4v) is 0.824. The van der Waals surface area contributed by atoms with Crippen molar-refractivity contribution >= 4 is 5.97 Å². The Morgan fingerprint density at radius 3 is 2.36 bits per heavy atom. The summed E-state index contributed by atoms with van der Waals surface area (Å²) in [5.74, 6) is -0.831. The molecule has 0 radical (unpaired) electrons. The van der Waals surface area contributed by atoms with E-state index in [1.54, 1.807) is 6.92 Å². The van der Waals surface area contributed by atoms with Crippen LogP contribution in [0.15, 0.2) is 0 Å². The molecule has 1 atom stereocenters. The normalized spacial score (nSPS) is 11.8. The molecule has 0 aromatic rings. The van der Waals surface area contributed by atoms with E-state index in [0.717, 1.165) is 25.7 Å². The Balaban J connectivity index is 0. The Kier molecular flexibility index (Phi) is 8.94. The average molecular weight is 161 g/mol. The van der Waals surface area contributed by atoms with E-state index < -0.39 is 5.97 Å². The second kappa shape index (κ2) is 7.54. The predicted octanol–water partition coefficient (Wildman–Crippen LogP) is 2.45. The van der Waals surface area contributed by atoms with Crippen LogP contribution in [0.1, 0.15) is 39.5 Å². The molecule has 0 saturated heterocycles. The van der Waals surface area contributed by atoms with E-state index in [9.17, 15) is 4.79 Å². The lowest BCUT2D eigenvalue weighted by Crippen LogP contribution is -2.08. The quantitative estimate of drug-likeness (QED) is 0.608. The van der Waals surface area contributed by atoms with E-state index in [-0.39, 0.29) is 12.1 Å². The van der Waals surface area contributed by atoms with Crippen molar-refractivity contribution < 1.29 is 9.90 Å². The zero-order valence-electron chi connectivity index (χ0n) is 7.47. The number of rotatable bonds is 5. The number of unbranched alkanes of at least 4 members (excludes halogenated alkanes) is 2. The Morgan fingerprint density at radius 1 is 1.45 bits per heavy atom. The Morgan fingerprint density at radius 2 is 2.00 bits per heavy atom. The van der Waals surface area contributed by atoms with Crippen LogP contribution in [0.4, 0.5) is 0 Å². The highest BCUT2D eigenvalue weighted by Gasteiger charge is 2.08. The minimum Gasteiger partial charge on any atom is -0.481 e. The van der Waals surface area contributed by atoms with Gasteiger partial charge in [-0.3, -0.25) is 4.79 Å². The van der Waals surface area contributed by atoms with Crippen molar-refractivity contribution in [3.63, 3.8) is 0 Å². The largest absolute Gasteiger partial charge is 0.481 e. The van der Waals surface area contributed by atoms with Crippen molar-refractivity contribution in [2.75, 3.05) is 0 Å². The van der Waals surface area contributed by atoms with Gasteiger partial charge in [0.05, 0.1) is 5.92 Å². The van der Waals surface area contributed by atoms with Crippen LogP contribution in [0.2, 0.25) is 0 Å². The molecule has 1 unspecified atom stereocenters. The van der Waals surface area contributed by atoms with Crippen molar-refractivity contribution in [1.29, 1.82) is 0 Å². The molecule has 0 aliphatic rings. The minimum atomic E-state index is -0.670. The van der Waals surface area contributed by atoms with Crippen LogP contribution >= 0.6 is 0 Å². The van der Waals surface area contributed by atoms with E-state index >= 15 is 0 Å². The van der Waals surface area contributed by atoms with Gasteiger partial charge < -0.3 is 11.3 Å². The summed E-state index contributed by atoms with van der Waals surface area (Å²) in [5.41, 5.74) is 0. The Hall–Kier alpha value is -0.570. The van der Waals surface area contributed by atoms with Crippen molar-refractivity contribution in [3.05, 3.63) is 0 Å². The van der Waals surface area contributed by atoms with Gasteiger partial charge in [0, 0.05) is 0 Å². The maximum atomic E-state index is 10.3. The molecule has 0 aliphatic carbocycles. The van der Waals surface area contributed by atoms with Gasteiger partial charge in [-0.2, -0.15) is 0 Å². The first-order chi connectivity index (χ1) is 4.68. The maximum Gasteiger partial charge on any atom is 0.306 e. The molecular weight excluding hydrogens is 142 g/mol. The Bertz CT molecular complexity index is 104. The van der Waals surface area contributed by atoms with Gasteiger partial charge in [-0.1, -0.05) is 33.1 Å². The SMILES string of the molecule is CCCCCC(C)C(=O)O.N. The third-order valence-electron chi connectivity index (χ3n) is 1.66. The summed E-state index contributed by atoms with van der Waals surface area (Å²) in [6.45, 7) is 3.88. The monoisotopic (exact) mass is 161 g/mol. The minimum absolute atomic E-state index is 0. The van der Waals surface area contributed by atoms with E-state index in [2.05, 4.69) is 6.92 Å². The standard InChI is InChI=1S/C8H16O2.H3N/c1-3-4-5-6-7(2)8(9)10;/h7H,3-6H2,1-2H3,(H,9,10);1H3. The van der Waals surface area contributed by atoms with Crippen molar-refractivity contribution in [1.82, 2.24) is 6.15 Å². The first kappa shape index (κ1) is 13.1. The number of hydrogen-bond acceptors (Lipinski definition) is 2. The number of carboxylic acid groups (broad SMARTS) is 1. The summed E-state index contributed by atoms with van der Waals surface area (Å²) < 4.78 is 0. The highest BCUT2D eigenvalue weighted by molar-refractivity contribution is 5.69. The fourth-order valence-electron chi connectivity index (χ4n) is 0.824.